The Morgan fingerprint density at radius 2 is 2.14 bits per heavy atom. The number of thiophene rings is 1. The molecule has 0 bridgehead atoms. The number of nitro benzene ring substituents is 1. The van der Waals surface area contributed by atoms with E-state index in [0.29, 0.717) is 11.5 Å². The van der Waals surface area contributed by atoms with Crippen LogP contribution in [0.1, 0.15) is 15.2 Å². The molecule has 0 aliphatic carbocycles. The van der Waals surface area contributed by atoms with Crippen LogP contribution in [0, 0.1) is 17.0 Å². The van der Waals surface area contributed by atoms with Crippen LogP contribution in [-0.4, -0.2) is 30.6 Å². The molecule has 4 aromatic rings. The van der Waals surface area contributed by atoms with E-state index in [1.165, 1.54) is 40.2 Å². The second-order valence-electron chi connectivity index (χ2n) is 5.96. The number of imidazole rings is 1. The highest BCUT2D eigenvalue weighted by Gasteiger charge is 2.19. The van der Waals surface area contributed by atoms with Crippen molar-refractivity contribution in [2.75, 3.05) is 5.32 Å². The minimum Gasteiger partial charge on any atom is -0.305 e. The van der Waals surface area contributed by atoms with Gasteiger partial charge in [0.2, 0.25) is 0 Å². The van der Waals surface area contributed by atoms with Gasteiger partial charge in [0.15, 0.2) is 5.82 Å². The van der Waals surface area contributed by atoms with Gasteiger partial charge in [-0.2, -0.15) is 5.10 Å². The van der Waals surface area contributed by atoms with Gasteiger partial charge in [-0.25, -0.2) is 4.98 Å². The maximum atomic E-state index is 12.5. The summed E-state index contributed by atoms with van der Waals surface area (Å²) in [6, 6.07) is 9.96. The second kappa shape index (κ2) is 7.08. The number of H-pyrrole nitrogens is 1. The lowest BCUT2D eigenvalue weighted by atomic mass is 10.1. The molecule has 28 heavy (non-hydrogen) atoms. The fourth-order valence-electron chi connectivity index (χ4n) is 2.71. The first-order chi connectivity index (χ1) is 13.5. The third-order valence-corrected chi connectivity index (χ3v) is 5.08. The summed E-state index contributed by atoms with van der Waals surface area (Å²) in [5.74, 6) is -0.145. The minimum absolute atomic E-state index is 0.159. The van der Waals surface area contributed by atoms with Crippen LogP contribution < -0.4 is 5.32 Å². The van der Waals surface area contributed by atoms with Crippen LogP contribution in [0.25, 0.3) is 16.3 Å². The Morgan fingerprint density at radius 1 is 1.29 bits per heavy atom. The number of hydrogen-bond acceptors (Lipinski definition) is 6. The normalized spacial score (nSPS) is 10.8. The van der Waals surface area contributed by atoms with E-state index in [1.54, 1.807) is 23.6 Å². The third-order valence-electron chi connectivity index (χ3n) is 4.04. The van der Waals surface area contributed by atoms with E-state index < -0.39 is 10.8 Å². The fourth-order valence-corrected chi connectivity index (χ4v) is 3.54. The van der Waals surface area contributed by atoms with Crippen molar-refractivity contribution in [3.8, 4) is 16.3 Å². The molecule has 4 rings (SSSR count). The van der Waals surface area contributed by atoms with E-state index in [0.717, 1.165) is 10.6 Å². The Labute approximate surface area is 162 Å². The summed E-state index contributed by atoms with van der Waals surface area (Å²) in [7, 11) is 0. The maximum Gasteiger partial charge on any atom is 0.294 e. The standard InChI is InChI=1S/C18H14N6O3S/c1-11-2-5-16(28-11)13-9-17(22-21-13)20-18(25)12-3-4-14(15(8-12)24(26)27)23-7-6-19-10-23/h2-10H,1H3,(H2,20,21,22,25). The topological polar surface area (TPSA) is 119 Å². The van der Waals surface area contributed by atoms with Crippen LogP contribution in [0.2, 0.25) is 0 Å². The van der Waals surface area contributed by atoms with Crippen LogP contribution in [0.4, 0.5) is 11.5 Å². The van der Waals surface area contributed by atoms with Crippen molar-refractivity contribution < 1.29 is 9.72 Å². The molecule has 3 aromatic heterocycles. The number of nitrogens with zero attached hydrogens (tertiary/aromatic N) is 4. The number of carbonyl (C=O) groups is 1. The van der Waals surface area contributed by atoms with E-state index in [9.17, 15) is 14.9 Å². The highest BCUT2D eigenvalue weighted by molar-refractivity contribution is 7.15. The highest BCUT2D eigenvalue weighted by Crippen LogP contribution is 2.28. The lowest BCUT2D eigenvalue weighted by Crippen LogP contribution is -2.13. The predicted molar refractivity (Wildman–Crippen MR) is 105 cm³/mol. The van der Waals surface area contributed by atoms with Crippen molar-refractivity contribution >= 4 is 28.7 Å². The number of hydrogen-bond donors (Lipinski definition) is 2. The number of aromatic nitrogens is 4. The molecule has 1 amide bonds. The van der Waals surface area contributed by atoms with E-state index in [-0.39, 0.29) is 11.3 Å². The molecule has 0 saturated carbocycles. The van der Waals surface area contributed by atoms with Crippen LogP contribution in [-0.2, 0) is 0 Å². The molecule has 0 aliphatic heterocycles. The van der Waals surface area contributed by atoms with Gasteiger partial charge < -0.3 is 9.88 Å². The van der Waals surface area contributed by atoms with Crippen molar-refractivity contribution in [3.63, 3.8) is 0 Å². The second-order valence-corrected chi connectivity index (χ2v) is 7.25. The Hall–Kier alpha value is -3.79. The van der Waals surface area contributed by atoms with Crippen LogP contribution in [0.5, 0.6) is 0 Å². The van der Waals surface area contributed by atoms with E-state index in [1.807, 2.05) is 19.1 Å². The Morgan fingerprint density at radius 3 is 2.82 bits per heavy atom. The number of nitro groups is 1. The van der Waals surface area contributed by atoms with Gasteiger partial charge in [-0.15, -0.1) is 11.3 Å². The first-order valence-electron chi connectivity index (χ1n) is 8.21. The summed E-state index contributed by atoms with van der Waals surface area (Å²) < 4.78 is 1.52. The number of amides is 1. The van der Waals surface area contributed by atoms with Crippen molar-refractivity contribution in [2.24, 2.45) is 0 Å². The lowest BCUT2D eigenvalue weighted by Gasteiger charge is -2.06. The molecular formula is C18H14N6O3S. The third kappa shape index (κ3) is 3.40. The average molecular weight is 394 g/mol. The molecule has 140 valence electrons. The van der Waals surface area contributed by atoms with Gasteiger partial charge in [-0.05, 0) is 31.2 Å². The number of carbonyl (C=O) groups excluding carboxylic acids is 1. The van der Waals surface area contributed by atoms with Crippen molar-refractivity contribution in [2.45, 2.75) is 6.92 Å². The predicted octanol–water partition coefficient (Wildman–Crippen LogP) is 3.79. The van der Waals surface area contributed by atoms with Gasteiger partial charge in [0.1, 0.15) is 5.69 Å². The monoisotopic (exact) mass is 394 g/mol. The number of rotatable bonds is 5. The number of aromatic amines is 1. The molecule has 0 aliphatic rings. The van der Waals surface area contributed by atoms with Gasteiger partial charge in [-0.3, -0.25) is 20.0 Å². The van der Waals surface area contributed by atoms with Crippen molar-refractivity contribution in [1.29, 1.82) is 0 Å². The summed E-state index contributed by atoms with van der Waals surface area (Å²) in [5.41, 5.74) is 1.08. The van der Waals surface area contributed by atoms with E-state index >= 15 is 0 Å². The van der Waals surface area contributed by atoms with Crippen molar-refractivity contribution in [3.05, 3.63) is 75.7 Å². The van der Waals surface area contributed by atoms with Gasteiger partial charge >= 0.3 is 0 Å². The zero-order valence-electron chi connectivity index (χ0n) is 14.6. The van der Waals surface area contributed by atoms with E-state index in [2.05, 4.69) is 20.5 Å². The molecule has 0 spiro atoms. The maximum absolute atomic E-state index is 12.5. The van der Waals surface area contributed by atoms with Crippen LogP contribution >= 0.6 is 11.3 Å². The Balaban J connectivity index is 1.58. The zero-order valence-corrected chi connectivity index (χ0v) is 15.4. The number of nitrogens with one attached hydrogen (secondary N) is 2. The van der Waals surface area contributed by atoms with Gasteiger partial charge in [0, 0.05) is 35.0 Å². The molecule has 2 N–H and O–H groups in total. The minimum atomic E-state index is -0.530. The molecular weight excluding hydrogens is 380 g/mol. The largest absolute Gasteiger partial charge is 0.305 e. The highest BCUT2D eigenvalue weighted by atomic mass is 32.1. The smallest absolute Gasteiger partial charge is 0.294 e. The van der Waals surface area contributed by atoms with Gasteiger partial charge in [-0.1, -0.05) is 0 Å². The Bertz CT molecular complexity index is 1160. The number of aryl methyl sites for hydroxylation is 1. The van der Waals surface area contributed by atoms with Gasteiger partial charge in [0.05, 0.1) is 21.8 Å². The van der Waals surface area contributed by atoms with Crippen LogP contribution in [0.15, 0.2) is 55.1 Å². The van der Waals surface area contributed by atoms with Crippen LogP contribution in [0.3, 0.4) is 0 Å². The lowest BCUT2D eigenvalue weighted by molar-refractivity contribution is -0.384. The summed E-state index contributed by atoms with van der Waals surface area (Å²) in [4.78, 5) is 29.5. The van der Waals surface area contributed by atoms with E-state index in [4.69, 9.17) is 0 Å². The van der Waals surface area contributed by atoms with Crippen molar-refractivity contribution in [1.82, 2.24) is 19.7 Å². The molecule has 0 saturated heterocycles. The molecule has 3 heterocycles. The molecule has 0 fully saturated rings. The number of anilines is 1. The fraction of sp³-hybridized carbons (Fsp3) is 0.0556. The summed E-state index contributed by atoms with van der Waals surface area (Å²) in [5, 5.41) is 21.1. The average Bonchev–Trinajstić information content (AvgIpc) is 3.42. The first-order valence-corrected chi connectivity index (χ1v) is 9.03. The zero-order chi connectivity index (χ0) is 19.7. The summed E-state index contributed by atoms with van der Waals surface area (Å²) >= 11 is 1.61. The SMILES string of the molecule is Cc1ccc(-c2cc(NC(=O)c3ccc(-n4ccnc4)c([N+](=O)[O-])c3)n[nH]2)s1. The first kappa shape index (κ1) is 17.6. The molecule has 9 nitrogen and oxygen atoms in total. The summed E-state index contributed by atoms with van der Waals surface area (Å²) in [6.45, 7) is 2.01. The van der Waals surface area contributed by atoms with Gasteiger partial charge in [0.25, 0.3) is 11.6 Å². The molecule has 0 atom stereocenters. The summed E-state index contributed by atoms with van der Waals surface area (Å²) in [6.07, 6.45) is 4.58. The number of benzene rings is 1. The molecule has 1 aromatic carbocycles. The molecule has 10 heteroatoms. The molecule has 0 unspecified atom stereocenters. The molecule has 0 radical (unpaired) electrons. The Kier molecular flexibility index (Phi) is 4.45. The quantitative estimate of drug-likeness (QED) is 0.394.